The predicted octanol–water partition coefficient (Wildman–Crippen LogP) is 3.81. The highest BCUT2D eigenvalue weighted by Crippen LogP contribution is 2.16. The molecule has 3 heteroatoms. The van der Waals surface area contributed by atoms with Gasteiger partial charge in [-0.3, -0.25) is 0 Å². The van der Waals surface area contributed by atoms with Crippen LogP contribution in [0.15, 0.2) is 30.6 Å². The first kappa shape index (κ1) is 13.4. The number of nitrogens with one attached hydrogen (secondary N) is 1. The zero-order valence-corrected chi connectivity index (χ0v) is 12.1. The summed E-state index contributed by atoms with van der Waals surface area (Å²) in [6, 6.07) is 6.67. The molecular formula is C15H22N2S. The van der Waals surface area contributed by atoms with E-state index in [2.05, 4.69) is 54.3 Å². The molecule has 0 unspecified atom stereocenters. The minimum atomic E-state index is 0.954. The molecule has 0 aliphatic heterocycles. The molecule has 0 saturated carbocycles. The normalized spacial score (nSPS) is 11.0. The fourth-order valence-corrected chi connectivity index (χ4v) is 2.96. The summed E-state index contributed by atoms with van der Waals surface area (Å²) in [5.74, 6) is 0. The van der Waals surface area contributed by atoms with Crippen molar-refractivity contribution in [1.29, 1.82) is 0 Å². The first-order valence-electron chi connectivity index (χ1n) is 6.74. The van der Waals surface area contributed by atoms with Crippen molar-refractivity contribution in [3.05, 3.63) is 45.9 Å². The van der Waals surface area contributed by atoms with Gasteiger partial charge in [-0.1, -0.05) is 13.8 Å². The van der Waals surface area contributed by atoms with E-state index in [1.54, 1.807) is 0 Å². The number of nitrogens with zero attached hydrogens (tertiary/aromatic N) is 1. The van der Waals surface area contributed by atoms with Gasteiger partial charge in [0.15, 0.2) is 0 Å². The van der Waals surface area contributed by atoms with Crippen molar-refractivity contribution in [3.8, 4) is 0 Å². The monoisotopic (exact) mass is 262 g/mol. The summed E-state index contributed by atoms with van der Waals surface area (Å²) in [5.41, 5.74) is 1.37. The third kappa shape index (κ3) is 3.72. The quantitative estimate of drug-likeness (QED) is 0.803. The molecular weight excluding hydrogens is 240 g/mol. The lowest BCUT2D eigenvalue weighted by atomic mass is 10.3. The molecule has 0 bridgehead atoms. The van der Waals surface area contributed by atoms with E-state index in [9.17, 15) is 0 Å². The van der Waals surface area contributed by atoms with Gasteiger partial charge in [0.1, 0.15) is 0 Å². The van der Waals surface area contributed by atoms with Crippen LogP contribution in [-0.4, -0.2) is 4.57 Å². The summed E-state index contributed by atoms with van der Waals surface area (Å²) in [7, 11) is 0. The summed E-state index contributed by atoms with van der Waals surface area (Å²) in [4.78, 5) is 2.90. The second kappa shape index (κ2) is 6.76. The average Bonchev–Trinajstić information content (AvgIpc) is 2.99. The van der Waals surface area contributed by atoms with E-state index in [-0.39, 0.29) is 0 Å². The summed E-state index contributed by atoms with van der Waals surface area (Å²) in [6.07, 6.45) is 6.74. The molecule has 0 spiro atoms. The maximum absolute atomic E-state index is 3.51. The van der Waals surface area contributed by atoms with Crippen molar-refractivity contribution in [2.45, 2.75) is 46.3 Å². The Morgan fingerprint density at radius 2 is 1.94 bits per heavy atom. The van der Waals surface area contributed by atoms with Crippen LogP contribution in [-0.2, 0) is 26.1 Å². The minimum Gasteiger partial charge on any atom is -0.354 e. The average molecular weight is 262 g/mol. The van der Waals surface area contributed by atoms with Gasteiger partial charge in [0, 0.05) is 41.8 Å². The number of aryl methyl sites for hydroxylation is 2. The zero-order chi connectivity index (χ0) is 12.8. The highest BCUT2D eigenvalue weighted by molar-refractivity contribution is 7.11. The van der Waals surface area contributed by atoms with Gasteiger partial charge in [-0.05, 0) is 36.6 Å². The largest absolute Gasteiger partial charge is 0.354 e. The lowest BCUT2D eigenvalue weighted by Crippen LogP contribution is -2.11. The second-order valence-electron chi connectivity index (χ2n) is 4.58. The molecule has 0 amide bonds. The van der Waals surface area contributed by atoms with Gasteiger partial charge in [-0.25, -0.2) is 0 Å². The maximum Gasteiger partial charge on any atom is 0.0303 e. The van der Waals surface area contributed by atoms with Crippen LogP contribution in [0.1, 0.15) is 35.6 Å². The summed E-state index contributed by atoms with van der Waals surface area (Å²) in [5, 5.41) is 3.51. The smallest absolute Gasteiger partial charge is 0.0303 e. The molecule has 0 aliphatic carbocycles. The Morgan fingerprint density at radius 1 is 1.11 bits per heavy atom. The van der Waals surface area contributed by atoms with Crippen molar-refractivity contribution in [3.63, 3.8) is 0 Å². The summed E-state index contributed by atoms with van der Waals surface area (Å²) >= 11 is 1.91. The number of aromatic nitrogens is 1. The van der Waals surface area contributed by atoms with E-state index < -0.39 is 0 Å². The van der Waals surface area contributed by atoms with Gasteiger partial charge in [0.2, 0.25) is 0 Å². The SMILES string of the molecule is CCCn1ccc(CNCc2ccc(CC)s2)c1. The minimum absolute atomic E-state index is 0.954. The van der Waals surface area contributed by atoms with Crippen LogP contribution >= 0.6 is 11.3 Å². The van der Waals surface area contributed by atoms with Gasteiger partial charge in [0.05, 0.1) is 0 Å². The third-order valence-corrected chi connectivity index (χ3v) is 4.22. The topological polar surface area (TPSA) is 17.0 Å². The number of thiophene rings is 1. The summed E-state index contributed by atoms with van der Waals surface area (Å²) in [6.45, 7) is 7.46. The Bertz CT molecular complexity index is 470. The van der Waals surface area contributed by atoms with Gasteiger partial charge >= 0.3 is 0 Å². The first-order valence-corrected chi connectivity index (χ1v) is 7.56. The van der Waals surface area contributed by atoms with Crippen molar-refractivity contribution in [2.24, 2.45) is 0 Å². The highest BCUT2D eigenvalue weighted by atomic mass is 32.1. The van der Waals surface area contributed by atoms with Crippen LogP contribution in [0.5, 0.6) is 0 Å². The van der Waals surface area contributed by atoms with Crippen LogP contribution in [0.4, 0.5) is 0 Å². The molecule has 2 aromatic heterocycles. The van der Waals surface area contributed by atoms with E-state index in [1.807, 2.05) is 11.3 Å². The molecule has 0 aromatic carbocycles. The fourth-order valence-electron chi connectivity index (χ4n) is 2.03. The van der Waals surface area contributed by atoms with Crippen LogP contribution in [0, 0.1) is 0 Å². The number of hydrogen-bond acceptors (Lipinski definition) is 2. The second-order valence-corrected chi connectivity index (χ2v) is 5.84. The molecule has 0 fully saturated rings. The molecule has 2 rings (SSSR count). The lowest BCUT2D eigenvalue weighted by Gasteiger charge is -2.01. The van der Waals surface area contributed by atoms with Crippen molar-refractivity contribution in [2.75, 3.05) is 0 Å². The van der Waals surface area contributed by atoms with E-state index >= 15 is 0 Å². The Morgan fingerprint density at radius 3 is 2.67 bits per heavy atom. The van der Waals surface area contributed by atoms with E-state index in [1.165, 1.54) is 21.7 Å². The molecule has 2 aromatic rings. The van der Waals surface area contributed by atoms with E-state index in [4.69, 9.17) is 0 Å². The van der Waals surface area contributed by atoms with Gasteiger partial charge in [0.25, 0.3) is 0 Å². The predicted molar refractivity (Wildman–Crippen MR) is 79.0 cm³/mol. The Kier molecular flexibility index (Phi) is 5.02. The van der Waals surface area contributed by atoms with Gasteiger partial charge in [-0.15, -0.1) is 11.3 Å². The summed E-state index contributed by atoms with van der Waals surface area (Å²) < 4.78 is 2.26. The van der Waals surface area contributed by atoms with E-state index in [0.29, 0.717) is 0 Å². The lowest BCUT2D eigenvalue weighted by molar-refractivity contribution is 0.670. The van der Waals surface area contributed by atoms with Gasteiger partial charge in [-0.2, -0.15) is 0 Å². The highest BCUT2D eigenvalue weighted by Gasteiger charge is 1.99. The first-order chi connectivity index (χ1) is 8.81. The third-order valence-electron chi connectivity index (χ3n) is 2.99. The molecule has 0 saturated heterocycles. The molecule has 98 valence electrons. The van der Waals surface area contributed by atoms with Crippen LogP contribution in [0.3, 0.4) is 0 Å². The van der Waals surface area contributed by atoms with Gasteiger partial charge < -0.3 is 9.88 Å². The van der Waals surface area contributed by atoms with Crippen LogP contribution in [0.2, 0.25) is 0 Å². The zero-order valence-electron chi connectivity index (χ0n) is 11.3. The van der Waals surface area contributed by atoms with Crippen LogP contribution < -0.4 is 5.32 Å². The van der Waals surface area contributed by atoms with Crippen molar-refractivity contribution >= 4 is 11.3 Å². The van der Waals surface area contributed by atoms with Crippen molar-refractivity contribution < 1.29 is 0 Å². The number of hydrogen-bond donors (Lipinski definition) is 1. The standard InChI is InChI=1S/C15H22N2S/c1-3-8-17-9-7-13(12-17)10-16-11-15-6-5-14(4-2)18-15/h5-7,9,12,16H,3-4,8,10-11H2,1-2H3. The Balaban J connectivity index is 1.77. The molecule has 1 N–H and O–H groups in total. The van der Waals surface area contributed by atoms with E-state index in [0.717, 1.165) is 26.1 Å². The van der Waals surface area contributed by atoms with Crippen molar-refractivity contribution in [1.82, 2.24) is 9.88 Å². The maximum atomic E-state index is 3.51. The molecule has 2 heterocycles. The van der Waals surface area contributed by atoms with Crippen LogP contribution in [0.25, 0.3) is 0 Å². The molecule has 18 heavy (non-hydrogen) atoms. The molecule has 0 atom stereocenters. The fraction of sp³-hybridized carbons (Fsp3) is 0.467. The molecule has 0 aliphatic rings. The Hall–Kier alpha value is -1.06. The molecule has 2 nitrogen and oxygen atoms in total. The molecule has 0 radical (unpaired) electrons. The Labute approximate surface area is 114 Å². The number of rotatable bonds is 7.